The van der Waals surface area contributed by atoms with Crippen LogP contribution in [0.15, 0.2) is 73.1 Å². The molecule has 2 atom stereocenters. The minimum Gasteiger partial charge on any atom is -0.485 e. The minimum atomic E-state index is -1.87. The molecule has 1 unspecified atom stereocenters. The minimum absolute atomic E-state index is 0.0220. The maximum absolute atomic E-state index is 13.6. The summed E-state index contributed by atoms with van der Waals surface area (Å²) < 4.78 is 13.5. The Morgan fingerprint density at radius 2 is 1.91 bits per heavy atom. The molecule has 1 fully saturated rings. The second kappa shape index (κ2) is 11.8. The molecule has 4 N–H and O–H groups in total. The van der Waals surface area contributed by atoms with Crippen molar-refractivity contribution in [2.45, 2.75) is 25.2 Å². The van der Waals surface area contributed by atoms with Crippen LogP contribution in [0.4, 0.5) is 0 Å². The Bertz CT molecular complexity index is 1960. The molecule has 0 saturated carbocycles. The van der Waals surface area contributed by atoms with E-state index in [1.54, 1.807) is 71.4 Å². The first-order valence-corrected chi connectivity index (χ1v) is 14.4. The third kappa shape index (κ3) is 5.90. The molecular weight excluding hydrogens is 602 g/mol. The van der Waals surface area contributed by atoms with Crippen molar-refractivity contribution in [1.29, 1.82) is 0 Å². The molecule has 2 amide bonds. The van der Waals surface area contributed by atoms with Crippen LogP contribution in [0.1, 0.15) is 27.6 Å². The van der Waals surface area contributed by atoms with Gasteiger partial charge in [0.2, 0.25) is 11.7 Å². The summed E-state index contributed by atoms with van der Waals surface area (Å²) in [5.74, 6) is -0.786. The Morgan fingerprint density at radius 3 is 2.62 bits per heavy atom. The van der Waals surface area contributed by atoms with Crippen LogP contribution in [0.2, 0.25) is 5.02 Å². The molecule has 13 heteroatoms. The number of nitrogens with zero attached hydrogens (tertiary/aromatic N) is 4. The van der Waals surface area contributed by atoms with Crippen molar-refractivity contribution in [3.8, 4) is 17.4 Å². The second-order valence-corrected chi connectivity index (χ2v) is 11.3. The van der Waals surface area contributed by atoms with Gasteiger partial charge in [0.05, 0.1) is 17.6 Å². The van der Waals surface area contributed by atoms with Crippen molar-refractivity contribution in [1.82, 2.24) is 19.7 Å². The molecule has 45 heavy (non-hydrogen) atoms. The van der Waals surface area contributed by atoms with Crippen molar-refractivity contribution < 1.29 is 34.1 Å². The van der Waals surface area contributed by atoms with E-state index in [9.17, 15) is 24.6 Å². The number of primary amides is 1. The number of halogens is 1. The topological polar surface area (TPSA) is 170 Å². The Kier molecular flexibility index (Phi) is 7.87. The van der Waals surface area contributed by atoms with Crippen LogP contribution in [-0.2, 0) is 11.3 Å². The first-order valence-electron chi connectivity index (χ1n) is 14.0. The average molecular weight is 630 g/mol. The number of aliphatic hydroxyl groups is 2. The van der Waals surface area contributed by atoms with Crippen LogP contribution in [0, 0.1) is 0 Å². The molecule has 0 aliphatic carbocycles. The zero-order chi connectivity index (χ0) is 31.9. The molecule has 1 saturated heterocycles. The highest BCUT2D eigenvalue weighted by atomic mass is 35.5. The van der Waals surface area contributed by atoms with E-state index in [0.29, 0.717) is 32.6 Å². The second-order valence-electron chi connectivity index (χ2n) is 10.9. The SMILES string of the molecule is CC1(O)C(=O)N(CCn2cc(C(=O)COc3cc4ccc(Cl)cc4cc3C(N)=O)c3ccc(Oc4cccnn4)cc32)C[C@@H]1O. The van der Waals surface area contributed by atoms with E-state index in [-0.39, 0.29) is 42.6 Å². The Hall–Kier alpha value is -5.04. The van der Waals surface area contributed by atoms with Crippen molar-refractivity contribution in [3.63, 3.8) is 0 Å². The van der Waals surface area contributed by atoms with Crippen molar-refractivity contribution in [3.05, 3.63) is 89.2 Å². The van der Waals surface area contributed by atoms with E-state index in [1.807, 2.05) is 0 Å². The van der Waals surface area contributed by atoms with E-state index >= 15 is 0 Å². The number of fused-ring (bicyclic) bond motifs is 2. The van der Waals surface area contributed by atoms with E-state index in [2.05, 4.69) is 10.2 Å². The summed E-state index contributed by atoms with van der Waals surface area (Å²) in [7, 11) is 0. The Morgan fingerprint density at radius 1 is 1.09 bits per heavy atom. The zero-order valence-corrected chi connectivity index (χ0v) is 24.8. The lowest BCUT2D eigenvalue weighted by atomic mass is 10.0. The van der Waals surface area contributed by atoms with E-state index in [4.69, 9.17) is 26.8 Å². The van der Waals surface area contributed by atoms with Gasteiger partial charge < -0.3 is 34.9 Å². The molecule has 0 bridgehead atoms. The Balaban J connectivity index is 1.30. The highest BCUT2D eigenvalue weighted by Gasteiger charge is 2.48. The molecule has 3 aromatic carbocycles. The molecular formula is C32H28ClN5O7. The van der Waals surface area contributed by atoms with Gasteiger partial charge in [-0.25, -0.2) is 0 Å². The van der Waals surface area contributed by atoms with Crippen LogP contribution in [0.25, 0.3) is 21.7 Å². The lowest BCUT2D eigenvalue weighted by molar-refractivity contribution is -0.145. The maximum atomic E-state index is 13.6. The fraction of sp³-hybridized carbons (Fsp3) is 0.219. The number of rotatable bonds is 10. The summed E-state index contributed by atoms with van der Waals surface area (Å²) in [6.45, 7) is 1.28. The third-order valence-electron chi connectivity index (χ3n) is 7.82. The van der Waals surface area contributed by atoms with Gasteiger partial charge in [-0.3, -0.25) is 14.4 Å². The van der Waals surface area contributed by atoms with Crippen LogP contribution in [0.5, 0.6) is 17.4 Å². The lowest BCUT2D eigenvalue weighted by Crippen LogP contribution is -2.43. The fourth-order valence-electron chi connectivity index (χ4n) is 5.34. The van der Waals surface area contributed by atoms with Gasteiger partial charge in [-0.1, -0.05) is 17.7 Å². The summed E-state index contributed by atoms with van der Waals surface area (Å²) >= 11 is 6.10. The number of hydrogen-bond acceptors (Lipinski definition) is 9. The number of amides is 2. The molecule has 1 aliphatic rings. The number of aromatic nitrogens is 3. The van der Waals surface area contributed by atoms with Gasteiger partial charge >= 0.3 is 0 Å². The number of carbonyl (C=O) groups excluding carboxylic acids is 3. The monoisotopic (exact) mass is 629 g/mol. The molecule has 3 heterocycles. The molecule has 12 nitrogen and oxygen atoms in total. The van der Waals surface area contributed by atoms with Gasteiger partial charge in [0.15, 0.2) is 12.2 Å². The Labute approximate surface area is 261 Å². The van der Waals surface area contributed by atoms with Gasteiger partial charge in [-0.2, -0.15) is 5.10 Å². The number of carbonyl (C=O) groups is 3. The summed E-state index contributed by atoms with van der Waals surface area (Å²) in [4.78, 5) is 39.8. The van der Waals surface area contributed by atoms with Crippen LogP contribution in [0.3, 0.4) is 0 Å². The standard InChI is InChI=1S/C32H28ClN5O7/c1-32(43)28(40)16-38(31(32)42)10-9-37-15-24(22-7-6-21(14-25(22)37)45-29-3-2-8-35-36-29)26(39)17-44-27-13-18-4-5-20(33)11-19(18)12-23(27)30(34)41/h2-8,11-15,28,40,43H,9-10,16-17H2,1H3,(H2,34,41)/t28-,32?/m0/s1. The number of likely N-dealkylation sites (tertiary alicyclic amines) is 1. The first kappa shape index (κ1) is 30.0. The van der Waals surface area contributed by atoms with E-state index in [0.717, 1.165) is 5.39 Å². The molecule has 2 aromatic heterocycles. The zero-order valence-electron chi connectivity index (χ0n) is 24.0. The quantitative estimate of drug-likeness (QED) is 0.196. The van der Waals surface area contributed by atoms with Crippen molar-refractivity contribution >= 4 is 50.9 Å². The number of β-amino-alcohol motifs (C(OH)–C–C–N with tert-alkyl or cyclic N) is 1. The molecule has 0 spiro atoms. The van der Waals surface area contributed by atoms with Gasteiger partial charge in [-0.05, 0) is 60.2 Å². The maximum Gasteiger partial charge on any atom is 0.257 e. The third-order valence-corrected chi connectivity index (χ3v) is 8.06. The average Bonchev–Trinajstić information content (AvgIpc) is 3.47. The number of benzene rings is 3. The molecule has 6 rings (SSSR count). The van der Waals surface area contributed by atoms with E-state index in [1.165, 1.54) is 18.0 Å². The predicted octanol–water partition coefficient (Wildman–Crippen LogP) is 3.34. The summed E-state index contributed by atoms with van der Waals surface area (Å²) in [5, 5.41) is 30.8. The first-order chi connectivity index (χ1) is 21.5. The largest absolute Gasteiger partial charge is 0.485 e. The number of Topliss-reactive ketones (excluding diaryl/α,β-unsaturated/α-hetero) is 1. The van der Waals surface area contributed by atoms with Crippen LogP contribution < -0.4 is 15.2 Å². The highest BCUT2D eigenvalue weighted by Crippen LogP contribution is 2.31. The molecule has 1 aliphatic heterocycles. The summed E-state index contributed by atoms with van der Waals surface area (Å²) in [6, 6.07) is 16.9. The number of aliphatic hydroxyl groups excluding tert-OH is 1. The van der Waals surface area contributed by atoms with Crippen molar-refractivity contribution in [2.75, 3.05) is 19.7 Å². The lowest BCUT2D eigenvalue weighted by Gasteiger charge is -2.19. The smallest absolute Gasteiger partial charge is 0.257 e. The summed E-state index contributed by atoms with van der Waals surface area (Å²) in [5.41, 5.74) is 4.81. The van der Waals surface area contributed by atoms with Gasteiger partial charge in [-0.15, -0.1) is 5.10 Å². The molecule has 5 aromatic rings. The normalized spacial score (nSPS) is 18.1. The van der Waals surface area contributed by atoms with Crippen LogP contribution in [-0.4, -0.2) is 78.9 Å². The van der Waals surface area contributed by atoms with Gasteiger partial charge in [0, 0.05) is 53.6 Å². The number of nitrogens with two attached hydrogens (primary N) is 1. The number of ether oxygens (including phenoxy) is 2. The predicted molar refractivity (Wildman–Crippen MR) is 165 cm³/mol. The highest BCUT2D eigenvalue weighted by molar-refractivity contribution is 6.31. The van der Waals surface area contributed by atoms with Gasteiger partial charge in [0.25, 0.3) is 11.8 Å². The number of hydrogen-bond donors (Lipinski definition) is 3. The summed E-state index contributed by atoms with van der Waals surface area (Å²) in [6.07, 6.45) is 1.95. The van der Waals surface area contributed by atoms with Gasteiger partial charge in [0.1, 0.15) is 17.6 Å². The van der Waals surface area contributed by atoms with Crippen LogP contribution >= 0.6 is 11.6 Å². The molecule has 0 radical (unpaired) electrons. The fourth-order valence-corrected chi connectivity index (χ4v) is 5.52. The van der Waals surface area contributed by atoms with E-state index < -0.39 is 30.1 Å². The molecule has 230 valence electrons. The van der Waals surface area contributed by atoms with Crippen molar-refractivity contribution in [2.24, 2.45) is 5.73 Å². The number of ketones is 1.